The molecule has 5 nitrogen and oxygen atoms in total. The Kier molecular flexibility index (Phi) is 5.07. The van der Waals surface area contributed by atoms with Crippen molar-refractivity contribution in [2.45, 2.75) is 31.8 Å². The number of carbonyl (C=O) groups is 1. The zero-order valence-corrected chi connectivity index (χ0v) is 14.8. The summed E-state index contributed by atoms with van der Waals surface area (Å²) in [6.07, 6.45) is 2.44. The Bertz CT molecular complexity index is 755. The van der Waals surface area contributed by atoms with E-state index < -0.39 is 0 Å². The van der Waals surface area contributed by atoms with E-state index >= 15 is 0 Å². The first-order valence-electron chi connectivity index (χ1n) is 9.20. The SMILES string of the molecule is O=C(Cc1ccccc1)NC1CCN(Cc2ccc3c(c2)OCO3)CC1. The Morgan fingerprint density at radius 1 is 1.00 bits per heavy atom. The number of benzene rings is 2. The van der Waals surface area contributed by atoms with E-state index in [4.69, 9.17) is 9.47 Å². The van der Waals surface area contributed by atoms with Crippen LogP contribution >= 0.6 is 0 Å². The Labute approximate surface area is 153 Å². The number of amides is 1. The van der Waals surface area contributed by atoms with Gasteiger partial charge in [0.2, 0.25) is 12.7 Å². The van der Waals surface area contributed by atoms with Crippen molar-refractivity contribution in [2.75, 3.05) is 19.9 Å². The Hall–Kier alpha value is -2.53. The van der Waals surface area contributed by atoms with Gasteiger partial charge in [0, 0.05) is 25.7 Å². The lowest BCUT2D eigenvalue weighted by molar-refractivity contribution is -0.121. The Morgan fingerprint density at radius 3 is 2.58 bits per heavy atom. The molecule has 0 aromatic heterocycles. The predicted molar refractivity (Wildman–Crippen MR) is 99.2 cm³/mol. The van der Waals surface area contributed by atoms with Crippen LogP contribution in [-0.2, 0) is 17.8 Å². The third-order valence-electron chi connectivity index (χ3n) is 5.00. The van der Waals surface area contributed by atoms with Gasteiger partial charge in [-0.2, -0.15) is 0 Å². The van der Waals surface area contributed by atoms with Crippen molar-refractivity contribution in [2.24, 2.45) is 0 Å². The van der Waals surface area contributed by atoms with Gasteiger partial charge in [-0.3, -0.25) is 9.69 Å². The van der Waals surface area contributed by atoms with Crippen molar-refractivity contribution in [3.8, 4) is 11.5 Å². The highest BCUT2D eigenvalue weighted by atomic mass is 16.7. The molecule has 0 atom stereocenters. The molecule has 1 N–H and O–H groups in total. The summed E-state index contributed by atoms with van der Waals surface area (Å²) in [6.45, 7) is 3.20. The highest BCUT2D eigenvalue weighted by Crippen LogP contribution is 2.33. The number of piperidine rings is 1. The van der Waals surface area contributed by atoms with Gasteiger partial charge in [-0.25, -0.2) is 0 Å². The van der Waals surface area contributed by atoms with Crippen LogP contribution in [-0.4, -0.2) is 36.7 Å². The molecule has 136 valence electrons. The van der Waals surface area contributed by atoms with Crippen molar-refractivity contribution in [1.82, 2.24) is 10.2 Å². The summed E-state index contributed by atoms with van der Waals surface area (Å²) in [7, 11) is 0. The van der Waals surface area contributed by atoms with Gasteiger partial charge in [-0.15, -0.1) is 0 Å². The lowest BCUT2D eigenvalue weighted by atomic mass is 10.0. The second-order valence-electron chi connectivity index (χ2n) is 6.97. The van der Waals surface area contributed by atoms with E-state index in [1.54, 1.807) is 0 Å². The van der Waals surface area contributed by atoms with Crippen LogP contribution < -0.4 is 14.8 Å². The smallest absolute Gasteiger partial charge is 0.231 e. The molecule has 2 aromatic carbocycles. The van der Waals surface area contributed by atoms with Gasteiger partial charge in [0.1, 0.15) is 0 Å². The molecule has 5 heteroatoms. The summed E-state index contributed by atoms with van der Waals surface area (Å²) in [5.74, 6) is 1.78. The van der Waals surface area contributed by atoms with Crippen molar-refractivity contribution < 1.29 is 14.3 Å². The maximum Gasteiger partial charge on any atom is 0.231 e. The zero-order chi connectivity index (χ0) is 17.8. The molecule has 1 fully saturated rings. The van der Waals surface area contributed by atoms with Crippen LogP contribution in [0.5, 0.6) is 11.5 Å². The van der Waals surface area contributed by atoms with Crippen molar-refractivity contribution in [3.05, 3.63) is 59.7 Å². The monoisotopic (exact) mass is 352 g/mol. The predicted octanol–water partition coefficient (Wildman–Crippen LogP) is 2.74. The highest BCUT2D eigenvalue weighted by Gasteiger charge is 2.21. The maximum atomic E-state index is 12.2. The minimum absolute atomic E-state index is 0.116. The molecule has 1 amide bonds. The van der Waals surface area contributed by atoms with Crippen LogP contribution in [0.2, 0.25) is 0 Å². The second kappa shape index (κ2) is 7.79. The summed E-state index contributed by atoms with van der Waals surface area (Å²) < 4.78 is 10.8. The lowest BCUT2D eigenvalue weighted by Gasteiger charge is -2.32. The van der Waals surface area contributed by atoms with Gasteiger partial charge in [0.25, 0.3) is 0 Å². The number of ether oxygens (including phenoxy) is 2. The molecule has 2 aliphatic heterocycles. The minimum Gasteiger partial charge on any atom is -0.454 e. The quantitative estimate of drug-likeness (QED) is 0.899. The van der Waals surface area contributed by atoms with E-state index in [0.29, 0.717) is 13.2 Å². The molecule has 0 radical (unpaired) electrons. The van der Waals surface area contributed by atoms with E-state index in [1.165, 1.54) is 5.56 Å². The van der Waals surface area contributed by atoms with E-state index in [-0.39, 0.29) is 11.9 Å². The summed E-state index contributed by atoms with van der Waals surface area (Å²) in [4.78, 5) is 14.6. The molecule has 0 saturated carbocycles. The molecule has 2 aromatic rings. The minimum atomic E-state index is 0.116. The fourth-order valence-electron chi connectivity index (χ4n) is 3.59. The molecule has 26 heavy (non-hydrogen) atoms. The zero-order valence-electron chi connectivity index (χ0n) is 14.8. The van der Waals surface area contributed by atoms with Crippen LogP contribution in [0, 0.1) is 0 Å². The normalized spacial score (nSPS) is 17.2. The third-order valence-corrected chi connectivity index (χ3v) is 5.00. The Morgan fingerprint density at radius 2 is 1.77 bits per heavy atom. The molecular weight excluding hydrogens is 328 g/mol. The molecule has 2 aliphatic rings. The number of hydrogen-bond donors (Lipinski definition) is 1. The van der Waals surface area contributed by atoms with Crippen LogP contribution in [0.3, 0.4) is 0 Å². The van der Waals surface area contributed by atoms with E-state index in [1.807, 2.05) is 36.4 Å². The third kappa shape index (κ3) is 4.17. The molecule has 2 heterocycles. The lowest BCUT2D eigenvalue weighted by Crippen LogP contribution is -2.44. The van der Waals surface area contributed by atoms with Gasteiger partial charge < -0.3 is 14.8 Å². The molecular formula is C21H24N2O3. The summed E-state index contributed by atoms with van der Waals surface area (Å²) >= 11 is 0. The molecule has 0 bridgehead atoms. The topological polar surface area (TPSA) is 50.8 Å². The average Bonchev–Trinajstić information content (AvgIpc) is 3.12. The molecule has 0 aliphatic carbocycles. The van der Waals surface area contributed by atoms with E-state index in [2.05, 4.69) is 22.3 Å². The van der Waals surface area contributed by atoms with Crippen molar-refractivity contribution in [3.63, 3.8) is 0 Å². The van der Waals surface area contributed by atoms with Crippen LogP contribution in [0.25, 0.3) is 0 Å². The molecule has 1 saturated heterocycles. The average molecular weight is 352 g/mol. The van der Waals surface area contributed by atoms with Gasteiger partial charge in [-0.05, 0) is 36.1 Å². The first kappa shape index (κ1) is 16.9. The van der Waals surface area contributed by atoms with Gasteiger partial charge >= 0.3 is 0 Å². The molecule has 0 unspecified atom stereocenters. The summed E-state index contributed by atoms with van der Waals surface area (Å²) in [5.41, 5.74) is 2.30. The fourth-order valence-corrected chi connectivity index (χ4v) is 3.59. The molecule has 0 spiro atoms. The Balaban J connectivity index is 1.23. The van der Waals surface area contributed by atoms with Crippen LogP contribution in [0.1, 0.15) is 24.0 Å². The maximum absolute atomic E-state index is 12.2. The van der Waals surface area contributed by atoms with Crippen LogP contribution in [0.15, 0.2) is 48.5 Å². The highest BCUT2D eigenvalue weighted by molar-refractivity contribution is 5.78. The molecule has 4 rings (SSSR count). The number of nitrogens with one attached hydrogen (secondary N) is 1. The van der Waals surface area contributed by atoms with Gasteiger partial charge in [0.05, 0.1) is 6.42 Å². The first-order valence-corrected chi connectivity index (χ1v) is 9.20. The largest absolute Gasteiger partial charge is 0.454 e. The van der Waals surface area contributed by atoms with Crippen LogP contribution in [0.4, 0.5) is 0 Å². The van der Waals surface area contributed by atoms with Gasteiger partial charge in [0.15, 0.2) is 11.5 Å². The fraction of sp³-hybridized carbons (Fsp3) is 0.381. The standard InChI is InChI=1S/C21H24N2O3/c24-21(13-16-4-2-1-3-5-16)22-18-8-10-23(11-9-18)14-17-6-7-19-20(12-17)26-15-25-19/h1-7,12,18H,8-11,13-15H2,(H,22,24). The number of nitrogens with zero attached hydrogens (tertiary/aromatic N) is 1. The van der Waals surface area contributed by atoms with Crippen molar-refractivity contribution in [1.29, 1.82) is 0 Å². The number of rotatable bonds is 5. The first-order chi connectivity index (χ1) is 12.8. The van der Waals surface area contributed by atoms with E-state index in [9.17, 15) is 4.79 Å². The number of carbonyl (C=O) groups excluding carboxylic acids is 1. The van der Waals surface area contributed by atoms with E-state index in [0.717, 1.165) is 49.5 Å². The number of likely N-dealkylation sites (tertiary alicyclic amines) is 1. The summed E-state index contributed by atoms with van der Waals surface area (Å²) in [6, 6.07) is 16.3. The summed E-state index contributed by atoms with van der Waals surface area (Å²) in [5, 5.41) is 3.18. The second-order valence-corrected chi connectivity index (χ2v) is 6.97. The number of hydrogen-bond acceptors (Lipinski definition) is 4. The number of fused-ring (bicyclic) bond motifs is 1. The van der Waals surface area contributed by atoms with Gasteiger partial charge in [-0.1, -0.05) is 36.4 Å². The van der Waals surface area contributed by atoms with Crippen molar-refractivity contribution >= 4 is 5.91 Å².